The van der Waals surface area contributed by atoms with E-state index in [1.54, 1.807) is 15.9 Å². The molecule has 0 fully saturated rings. The van der Waals surface area contributed by atoms with E-state index in [2.05, 4.69) is 52.6 Å². The van der Waals surface area contributed by atoms with Crippen LogP contribution in [0.4, 0.5) is 5.95 Å². The van der Waals surface area contributed by atoms with Gasteiger partial charge in [0.15, 0.2) is 5.65 Å². The molecule has 1 N–H and O–H groups in total. The highest BCUT2D eigenvalue weighted by atomic mass is 79.9. The zero-order valence-electron chi connectivity index (χ0n) is 9.10. The molecule has 0 unspecified atom stereocenters. The molecule has 92 valence electrons. The summed E-state index contributed by atoms with van der Waals surface area (Å²) >= 11 is 8.66. The van der Waals surface area contributed by atoms with Crippen molar-refractivity contribution in [1.82, 2.24) is 14.6 Å². The van der Waals surface area contributed by atoms with Crippen LogP contribution >= 0.6 is 43.2 Å². The van der Waals surface area contributed by atoms with E-state index in [0.29, 0.717) is 12.5 Å². The summed E-state index contributed by atoms with van der Waals surface area (Å²) in [6.07, 6.45) is 1.87. The molecule has 0 bridgehead atoms. The van der Waals surface area contributed by atoms with Crippen molar-refractivity contribution in [3.63, 3.8) is 0 Å². The van der Waals surface area contributed by atoms with E-state index in [0.717, 1.165) is 14.6 Å². The predicted octanol–water partition coefficient (Wildman–Crippen LogP) is 3.93. The third-order valence-electron chi connectivity index (χ3n) is 2.41. The number of halogens is 2. The highest BCUT2D eigenvalue weighted by Gasteiger charge is 2.07. The molecule has 0 aromatic carbocycles. The molecule has 0 aliphatic heterocycles. The number of thiophene rings is 1. The number of pyridine rings is 1. The van der Waals surface area contributed by atoms with Gasteiger partial charge in [-0.15, -0.1) is 16.4 Å². The fourth-order valence-corrected chi connectivity index (χ4v) is 3.41. The van der Waals surface area contributed by atoms with Crippen LogP contribution in [0.15, 0.2) is 38.7 Å². The van der Waals surface area contributed by atoms with Gasteiger partial charge >= 0.3 is 0 Å². The molecular formula is C11H8Br2N4S. The van der Waals surface area contributed by atoms with Crippen LogP contribution in [0.3, 0.4) is 0 Å². The summed E-state index contributed by atoms with van der Waals surface area (Å²) in [5.74, 6) is 0.627. The molecule has 3 aromatic heterocycles. The fourth-order valence-electron chi connectivity index (χ4n) is 1.56. The molecule has 0 atom stereocenters. The van der Waals surface area contributed by atoms with Crippen molar-refractivity contribution in [2.75, 3.05) is 5.32 Å². The Morgan fingerprint density at radius 1 is 1.28 bits per heavy atom. The molecule has 4 nitrogen and oxygen atoms in total. The van der Waals surface area contributed by atoms with Crippen LogP contribution in [0.25, 0.3) is 5.65 Å². The Kier molecular flexibility index (Phi) is 3.36. The lowest BCUT2D eigenvalue weighted by atomic mass is 10.5. The second kappa shape index (κ2) is 4.99. The maximum atomic E-state index is 4.42. The van der Waals surface area contributed by atoms with E-state index in [-0.39, 0.29) is 0 Å². The molecule has 0 saturated heterocycles. The summed E-state index contributed by atoms with van der Waals surface area (Å²) in [5.41, 5.74) is 0.810. The molecule has 0 aliphatic carbocycles. The molecule has 3 rings (SSSR count). The second-order valence-corrected chi connectivity index (χ2v) is 6.31. The van der Waals surface area contributed by atoms with Crippen LogP contribution in [-0.4, -0.2) is 14.6 Å². The average molecular weight is 388 g/mol. The maximum absolute atomic E-state index is 4.42. The summed E-state index contributed by atoms with van der Waals surface area (Å²) < 4.78 is 3.79. The number of rotatable bonds is 3. The molecule has 0 spiro atoms. The van der Waals surface area contributed by atoms with E-state index in [4.69, 9.17) is 0 Å². The molecular weight excluding hydrogens is 380 g/mol. The SMILES string of the molecule is Brc1ccsc1CNc1nc2c(Br)cccn2n1. The van der Waals surface area contributed by atoms with Crippen molar-refractivity contribution in [3.05, 3.63) is 43.6 Å². The topological polar surface area (TPSA) is 42.2 Å². The van der Waals surface area contributed by atoms with Gasteiger partial charge < -0.3 is 5.32 Å². The molecule has 7 heteroatoms. The van der Waals surface area contributed by atoms with E-state index in [1.807, 2.05) is 24.4 Å². The van der Waals surface area contributed by atoms with E-state index < -0.39 is 0 Å². The first kappa shape index (κ1) is 12.1. The lowest BCUT2D eigenvalue weighted by molar-refractivity contribution is 0.950. The highest BCUT2D eigenvalue weighted by Crippen LogP contribution is 2.23. The number of fused-ring (bicyclic) bond motifs is 1. The van der Waals surface area contributed by atoms with Gasteiger partial charge in [0.25, 0.3) is 0 Å². The summed E-state index contributed by atoms with van der Waals surface area (Å²) in [4.78, 5) is 5.65. The zero-order chi connectivity index (χ0) is 12.5. The van der Waals surface area contributed by atoms with Crippen LogP contribution in [-0.2, 0) is 6.54 Å². The van der Waals surface area contributed by atoms with E-state index >= 15 is 0 Å². The number of aromatic nitrogens is 3. The van der Waals surface area contributed by atoms with Gasteiger partial charge in [0, 0.05) is 15.5 Å². The van der Waals surface area contributed by atoms with Crippen molar-refractivity contribution in [3.8, 4) is 0 Å². The van der Waals surface area contributed by atoms with Gasteiger partial charge in [-0.25, -0.2) is 4.52 Å². The Hall–Kier alpha value is -0.920. The average Bonchev–Trinajstić information content (AvgIpc) is 2.93. The number of nitrogens with one attached hydrogen (secondary N) is 1. The molecule has 3 aromatic rings. The first-order valence-electron chi connectivity index (χ1n) is 5.20. The Bertz CT molecular complexity index is 691. The van der Waals surface area contributed by atoms with Gasteiger partial charge in [-0.3, -0.25) is 0 Å². The van der Waals surface area contributed by atoms with Gasteiger partial charge in [-0.2, -0.15) is 4.98 Å². The van der Waals surface area contributed by atoms with Crippen molar-refractivity contribution in [2.24, 2.45) is 0 Å². The van der Waals surface area contributed by atoms with Crippen molar-refractivity contribution < 1.29 is 0 Å². The van der Waals surface area contributed by atoms with Gasteiger partial charge in [0.05, 0.1) is 11.0 Å². The van der Waals surface area contributed by atoms with Gasteiger partial charge in [-0.05, 0) is 55.4 Å². The van der Waals surface area contributed by atoms with Crippen LogP contribution in [0.5, 0.6) is 0 Å². The Labute approximate surface area is 124 Å². The first-order valence-corrected chi connectivity index (χ1v) is 7.67. The van der Waals surface area contributed by atoms with Crippen molar-refractivity contribution in [1.29, 1.82) is 0 Å². The molecule has 0 saturated carbocycles. The Morgan fingerprint density at radius 3 is 2.89 bits per heavy atom. The maximum Gasteiger partial charge on any atom is 0.243 e. The number of nitrogens with zero attached hydrogens (tertiary/aromatic N) is 3. The van der Waals surface area contributed by atoms with Gasteiger partial charge in [-0.1, -0.05) is 0 Å². The molecule has 0 aliphatic rings. The lowest BCUT2D eigenvalue weighted by Crippen LogP contribution is -1.99. The predicted molar refractivity (Wildman–Crippen MR) is 80.0 cm³/mol. The summed E-state index contributed by atoms with van der Waals surface area (Å²) in [5, 5.41) is 9.63. The fraction of sp³-hybridized carbons (Fsp3) is 0.0909. The molecule has 0 amide bonds. The normalized spacial score (nSPS) is 11.0. The first-order chi connectivity index (χ1) is 8.74. The Balaban J connectivity index is 1.83. The molecule has 0 radical (unpaired) electrons. The van der Waals surface area contributed by atoms with E-state index in [9.17, 15) is 0 Å². The van der Waals surface area contributed by atoms with Crippen LogP contribution in [0.1, 0.15) is 4.88 Å². The standard InChI is InChI=1S/C11H8Br2N4S/c12-7-3-5-18-9(7)6-14-11-15-10-8(13)2-1-4-17(10)16-11/h1-5H,6H2,(H,14,16). The number of hydrogen-bond acceptors (Lipinski definition) is 4. The summed E-state index contributed by atoms with van der Waals surface area (Å²) in [6, 6.07) is 5.91. The summed E-state index contributed by atoms with van der Waals surface area (Å²) in [6.45, 7) is 0.715. The van der Waals surface area contributed by atoms with Crippen molar-refractivity contribution >= 4 is 54.8 Å². The van der Waals surface area contributed by atoms with Gasteiger partial charge in [0.1, 0.15) is 0 Å². The summed E-state index contributed by atoms with van der Waals surface area (Å²) in [7, 11) is 0. The highest BCUT2D eigenvalue weighted by molar-refractivity contribution is 9.11. The number of hydrogen-bond donors (Lipinski definition) is 1. The smallest absolute Gasteiger partial charge is 0.243 e. The minimum Gasteiger partial charge on any atom is -0.348 e. The molecule has 18 heavy (non-hydrogen) atoms. The van der Waals surface area contributed by atoms with Crippen LogP contribution < -0.4 is 5.32 Å². The van der Waals surface area contributed by atoms with E-state index in [1.165, 1.54) is 4.88 Å². The third-order valence-corrected chi connectivity index (χ3v) is 4.96. The minimum absolute atomic E-state index is 0.627. The second-order valence-electron chi connectivity index (χ2n) is 3.60. The number of anilines is 1. The Morgan fingerprint density at radius 2 is 2.17 bits per heavy atom. The monoisotopic (exact) mass is 386 g/mol. The van der Waals surface area contributed by atoms with Gasteiger partial charge in [0.2, 0.25) is 5.95 Å². The largest absolute Gasteiger partial charge is 0.348 e. The lowest BCUT2D eigenvalue weighted by Gasteiger charge is -1.98. The van der Waals surface area contributed by atoms with Crippen LogP contribution in [0.2, 0.25) is 0 Å². The van der Waals surface area contributed by atoms with Crippen molar-refractivity contribution in [2.45, 2.75) is 6.54 Å². The molecule has 3 heterocycles. The zero-order valence-corrected chi connectivity index (χ0v) is 13.1. The third kappa shape index (κ3) is 2.30. The van der Waals surface area contributed by atoms with Crippen LogP contribution in [0, 0.1) is 0 Å². The quantitative estimate of drug-likeness (QED) is 0.740. The minimum atomic E-state index is 0.627.